The van der Waals surface area contributed by atoms with Crippen LogP contribution in [-0.2, 0) is 4.74 Å². The highest BCUT2D eigenvalue weighted by Gasteiger charge is 2.67. The molecule has 2 unspecified atom stereocenters. The molecule has 10 atom stereocenters. The molecule has 6 rings (SSSR count). The Hall–Kier alpha value is -0.600. The maximum Gasteiger partial charge on any atom is 0.122 e. The molecule has 2 heteroatoms. The zero-order chi connectivity index (χ0) is 20.0. The fourth-order valence-corrected chi connectivity index (χ4v) is 9.50. The molecule has 2 saturated heterocycles. The lowest BCUT2D eigenvalue weighted by Crippen LogP contribution is -2.56. The fourth-order valence-electron chi connectivity index (χ4n) is 9.50. The van der Waals surface area contributed by atoms with E-state index >= 15 is 0 Å². The average Bonchev–Trinajstić information content (AvgIpc) is 3.15. The lowest BCUT2D eigenvalue weighted by molar-refractivity contribution is -0.114. The fraction of sp³-hybridized carbons (Fsp3) is 0.852. The van der Waals surface area contributed by atoms with Gasteiger partial charge in [0, 0.05) is 12.5 Å². The van der Waals surface area contributed by atoms with Gasteiger partial charge in [-0.05, 0) is 97.4 Å². The second-order valence-electron chi connectivity index (χ2n) is 12.3. The summed E-state index contributed by atoms with van der Waals surface area (Å²) in [4.78, 5) is 0. The number of nitrogens with one attached hydrogen (secondary N) is 1. The number of hydrogen-bond acceptors (Lipinski definition) is 2. The van der Waals surface area contributed by atoms with Gasteiger partial charge < -0.3 is 4.74 Å². The zero-order valence-electron chi connectivity index (χ0n) is 19.0. The van der Waals surface area contributed by atoms with Crippen molar-refractivity contribution in [2.24, 2.45) is 46.3 Å². The van der Waals surface area contributed by atoms with Crippen LogP contribution in [0.25, 0.3) is 0 Å². The van der Waals surface area contributed by atoms with E-state index < -0.39 is 0 Å². The normalized spacial score (nSPS) is 58.3. The van der Waals surface area contributed by atoms with Crippen LogP contribution in [0.15, 0.2) is 23.8 Å². The van der Waals surface area contributed by atoms with Crippen LogP contribution in [0.3, 0.4) is 0 Å². The van der Waals surface area contributed by atoms with Crippen molar-refractivity contribution in [3.05, 3.63) is 23.8 Å². The van der Waals surface area contributed by atoms with E-state index in [1.807, 2.05) is 0 Å². The van der Waals surface area contributed by atoms with Crippen molar-refractivity contribution in [3.8, 4) is 0 Å². The minimum Gasteiger partial charge on any atom is -0.357 e. The lowest BCUT2D eigenvalue weighted by atomic mass is 9.47. The molecule has 29 heavy (non-hydrogen) atoms. The highest BCUT2D eigenvalue weighted by molar-refractivity contribution is 5.34. The highest BCUT2D eigenvalue weighted by atomic mass is 16.5. The van der Waals surface area contributed by atoms with Gasteiger partial charge in [0.25, 0.3) is 0 Å². The van der Waals surface area contributed by atoms with E-state index in [0.29, 0.717) is 22.9 Å². The molecule has 1 N–H and O–H groups in total. The van der Waals surface area contributed by atoms with Crippen molar-refractivity contribution in [1.82, 2.24) is 5.32 Å². The van der Waals surface area contributed by atoms with Crippen LogP contribution in [0, 0.1) is 46.3 Å². The summed E-state index contributed by atoms with van der Waals surface area (Å²) in [5.41, 5.74) is 2.56. The minimum absolute atomic E-state index is 0.0214. The molecule has 1 spiro atoms. The minimum atomic E-state index is -0.0214. The maximum absolute atomic E-state index is 7.01. The van der Waals surface area contributed by atoms with Crippen molar-refractivity contribution in [2.45, 2.75) is 90.9 Å². The molecule has 4 aliphatic carbocycles. The molecule has 0 aromatic carbocycles. The zero-order valence-corrected chi connectivity index (χ0v) is 19.0. The van der Waals surface area contributed by atoms with Gasteiger partial charge in [0.1, 0.15) is 5.72 Å². The number of piperidine rings is 1. The van der Waals surface area contributed by atoms with Gasteiger partial charge in [-0.15, -0.1) is 0 Å². The number of ether oxygens (including phenoxy) is 1. The Labute approximate surface area is 177 Å². The molecule has 6 aliphatic rings. The molecule has 0 bridgehead atoms. The predicted octanol–water partition coefficient (Wildman–Crippen LogP) is 6.09. The van der Waals surface area contributed by atoms with Crippen LogP contribution in [0.4, 0.5) is 0 Å². The molecule has 0 radical (unpaired) electrons. The van der Waals surface area contributed by atoms with Crippen LogP contribution >= 0.6 is 0 Å². The van der Waals surface area contributed by atoms with Gasteiger partial charge in [0.05, 0.1) is 6.10 Å². The van der Waals surface area contributed by atoms with E-state index in [1.165, 1.54) is 51.4 Å². The summed E-state index contributed by atoms with van der Waals surface area (Å²) in [6.07, 6.45) is 18.7. The second-order valence-corrected chi connectivity index (χ2v) is 12.3. The Morgan fingerprint density at radius 3 is 2.72 bits per heavy atom. The first kappa shape index (κ1) is 19.1. The van der Waals surface area contributed by atoms with Gasteiger partial charge in [-0.3, -0.25) is 5.32 Å². The summed E-state index contributed by atoms with van der Waals surface area (Å²) in [5.74, 6) is 4.82. The van der Waals surface area contributed by atoms with E-state index in [4.69, 9.17) is 4.74 Å². The Morgan fingerprint density at radius 2 is 1.93 bits per heavy atom. The standard InChI is InChI=1S/C27H41NO/c1-17-10-14-27(28-16-17)18(2)24-23(29-27)15-22-20-9-8-19-7-5-6-12-25(19,3)21(20)11-13-26(22,24)4/h5,7-8,17-18,20-24,28H,6,9-16H2,1-4H3/t17?,18-,20+,21-,22-,23-,24-,25-,26-,27?/m0/s1. The Kier molecular flexibility index (Phi) is 4.10. The number of allylic oxidation sites excluding steroid dienone is 4. The molecule has 2 saturated carbocycles. The molecule has 0 aromatic rings. The lowest BCUT2D eigenvalue weighted by Gasteiger charge is -2.57. The van der Waals surface area contributed by atoms with E-state index in [2.05, 4.69) is 51.2 Å². The van der Waals surface area contributed by atoms with Crippen LogP contribution in [0.5, 0.6) is 0 Å². The van der Waals surface area contributed by atoms with E-state index in [0.717, 1.165) is 36.1 Å². The van der Waals surface area contributed by atoms with Crippen LogP contribution in [0.2, 0.25) is 0 Å². The SMILES string of the molecule is CC1CCC2(NC1)O[C@H]1C[C@H]3[C@@H]4CC=C5C=CCC[C@]5(C)[C@H]4CC[C@]3(C)[C@H]1[C@@H]2C. The van der Waals surface area contributed by atoms with Gasteiger partial charge in [-0.1, -0.05) is 45.9 Å². The van der Waals surface area contributed by atoms with Crippen LogP contribution < -0.4 is 5.32 Å². The third-order valence-electron chi connectivity index (χ3n) is 11.1. The van der Waals surface area contributed by atoms with Gasteiger partial charge in [-0.25, -0.2) is 0 Å². The summed E-state index contributed by atoms with van der Waals surface area (Å²) in [5, 5.41) is 3.90. The summed E-state index contributed by atoms with van der Waals surface area (Å²) in [6, 6.07) is 0. The number of hydrogen-bond donors (Lipinski definition) is 1. The molecule has 2 nitrogen and oxygen atoms in total. The van der Waals surface area contributed by atoms with Crippen molar-refractivity contribution >= 4 is 0 Å². The molecule has 2 aliphatic heterocycles. The maximum atomic E-state index is 7.01. The Morgan fingerprint density at radius 1 is 1.07 bits per heavy atom. The summed E-state index contributed by atoms with van der Waals surface area (Å²) in [7, 11) is 0. The molecule has 0 aromatic heterocycles. The Bertz CT molecular complexity index is 746. The van der Waals surface area contributed by atoms with E-state index in [1.54, 1.807) is 5.57 Å². The Balaban J connectivity index is 1.30. The molecule has 2 heterocycles. The number of fused-ring (bicyclic) bond motifs is 7. The quantitative estimate of drug-likeness (QED) is 0.536. The van der Waals surface area contributed by atoms with E-state index in [9.17, 15) is 0 Å². The van der Waals surface area contributed by atoms with Crippen LogP contribution in [0.1, 0.15) is 79.1 Å². The number of rotatable bonds is 0. The van der Waals surface area contributed by atoms with Crippen molar-refractivity contribution in [1.29, 1.82) is 0 Å². The smallest absolute Gasteiger partial charge is 0.122 e. The van der Waals surface area contributed by atoms with Gasteiger partial charge >= 0.3 is 0 Å². The summed E-state index contributed by atoms with van der Waals surface area (Å²) < 4.78 is 7.01. The molecular weight excluding hydrogens is 354 g/mol. The first-order chi connectivity index (χ1) is 13.9. The predicted molar refractivity (Wildman–Crippen MR) is 118 cm³/mol. The molecular formula is C27H41NO. The van der Waals surface area contributed by atoms with Crippen LogP contribution in [-0.4, -0.2) is 18.4 Å². The third kappa shape index (κ3) is 2.42. The van der Waals surface area contributed by atoms with Crippen molar-refractivity contribution < 1.29 is 4.74 Å². The topological polar surface area (TPSA) is 21.3 Å². The second kappa shape index (κ2) is 6.22. The highest BCUT2D eigenvalue weighted by Crippen LogP contribution is 2.69. The summed E-state index contributed by atoms with van der Waals surface area (Å²) >= 11 is 0. The van der Waals surface area contributed by atoms with Gasteiger partial charge in [0.2, 0.25) is 0 Å². The average molecular weight is 396 g/mol. The van der Waals surface area contributed by atoms with E-state index in [-0.39, 0.29) is 5.72 Å². The molecule has 0 amide bonds. The van der Waals surface area contributed by atoms with Gasteiger partial charge in [0.15, 0.2) is 0 Å². The molecule has 160 valence electrons. The van der Waals surface area contributed by atoms with Crippen molar-refractivity contribution in [3.63, 3.8) is 0 Å². The summed E-state index contributed by atoms with van der Waals surface area (Å²) in [6.45, 7) is 11.3. The molecule has 4 fully saturated rings. The van der Waals surface area contributed by atoms with Crippen molar-refractivity contribution in [2.75, 3.05) is 6.54 Å². The van der Waals surface area contributed by atoms with Gasteiger partial charge in [-0.2, -0.15) is 0 Å². The largest absolute Gasteiger partial charge is 0.357 e. The monoisotopic (exact) mass is 395 g/mol. The first-order valence-electron chi connectivity index (χ1n) is 12.7. The third-order valence-corrected chi connectivity index (χ3v) is 11.1. The first-order valence-corrected chi connectivity index (χ1v) is 12.7.